The SMILES string of the molecule is O=C(Nc1ccc(N2CCOCC2)c([N+](=O)[O-])c1)c1sc2ccccc2c1Cl. The molecule has 0 atom stereocenters. The second kappa shape index (κ2) is 7.75. The Morgan fingerprint density at radius 3 is 2.68 bits per heavy atom. The molecular formula is C19H16ClN3O4S. The van der Waals surface area contributed by atoms with E-state index >= 15 is 0 Å². The molecule has 0 bridgehead atoms. The second-order valence-electron chi connectivity index (χ2n) is 6.26. The molecule has 0 aliphatic carbocycles. The normalized spacial score (nSPS) is 14.2. The van der Waals surface area contributed by atoms with Crippen LogP contribution in [0.25, 0.3) is 10.1 Å². The van der Waals surface area contributed by atoms with Gasteiger partial charge < -0.3 is 15.0 Å². The molecule has 0 spiro atoms. The largest absolute Gasteiger partial charge is 0.378 e. The van der Waals surface area contributed by atoms with Crippen molar-refractivity contribution < 1.29 is 14.5 Å². The highest BCUT2D eigenvalue weighted by Gasteiger charge is 2.23. The minimum absolute atomic E-state index is 0.0536. The molecule has 0 unspecified atom stereocenters. The number of carbonyl (C=O) groups excluding carboxylic acids is 1. The summed E-state index contributed by atoms with van der Waals surface area (Å²) in [5, 5.41) is 15.5. The first-order chi connectivity index (χ1) is 13.5. The Labute approximate surface area is 169 Å². The number of fused-ring (bicyclic) bond motifs is 1. The van der Waals surface area contributed by atoms with Gasteiger partial charge >= 0.3 is 0 Å². The number of halogens is 1. The van der Waals surface area contributed by atoms with Gasteiger partial charge in [0.25, 0.3) is 11.6 Å². The van der Waals surface area contributed by atoms with Gasteiger partial charge in [0.2, 0.25) is 0 Å². The molecule has 1 aliphatic rings. The Morgan fingerprint density at radius 2 is 1.96 bits per heavy atom. The van der Waals surface area contributed by atoms with E-state index in [9.17, 15) is 14.9 Å². The lowest BCUT2D eigenvalue weighted by Gasteiger charge is -2.28. The molecule has 4 rings (SSSR count). The van der Waals surface area contributed by atoms with Crippen molar-refractivity contribution in [3.05, 3.63) is 62.5 Å². The summed E-state index contributed by atoms with van der Waals surface area (Å²) >= 11 is 7.64. The van der Waals surface area contributed by atoms with Gasteiger partial charge in [-0.15, -0.1) is 11.3 Å². The van der Waals surface area contributed by atoms with Crippen LogP contribution in [-0.2, 0) is 4.74 Å². The van der Waals surface area contributed by atoms with Crippen LogP contribution in [0.1, 0.15) is 9.67 Å². The van der Waals surface area contributed by atoms with Crippen molar-refractivity contribution in [2.75, 3.05) is 36.5 Å². The fourth-order valence-electron chi connectivity index (χ4n) is 3.17. The van der Waals surface area contributed by atoms with Gasteiger partial charge in [-0.2, -0.15) is 0 Å². The molecule has 0 saturated carbocycles. The molecule has 2 heterocycles. The lowest BCUT2D eigenvalue weighted by Crippen LogP contribution is -2.36. The van der Waals surface area contributed by atoms with E-state index in [1.165, 1.54) is 17.4 Å². The summed E-state index contributed by atoms with van der Waals surface area (Å²) in [5.41, 5.74) is 0.815. The molecule has 1 fully saturated rings. The number of hydrogen-bond donors (Lipinski definition) is 1. The highest BCUT2D eigenvalue weighted by atomic mass is 35.5. The Bertz CT molecular complexity index is 1060. The van der Waals surface area contributed by atoms with E-state index in [1.807, 2.05) is 29.2 Å². The predicted molar refractivity (Wildman–Crippen MR) is 111 cm³/mol. The Kier molecular flexibility index (Phi) is 5.17. The van der Waals surface area contributed by atoms with Gasteiger partial charge in [0.1, 0.15) is 10.6 Å². The quantitative estimate of drug-likeness (QED) is 0.497. The first-order valence-electron chi connectivity index (χ1n) is 8.64. The van der Waals surface area contributed by atoms with Gasteiger partial charge in [-0.25, -0.2) is 0 Å². The molecule has 1 N–H and O–H groups in total. The number of rotatable bonds is 4. The van der Waals surface area contributed by atoms with Crippen LogP contribution >= 0.6 is 22.9 Å². The van der Waals surface area contributed by atoms with Crippen LogP contribution in [0.15, 0.2) is 42.5 Å². The van der Waals surface area contributed by atoms with Crippen LogP contribution in [0.5, 0.6) is 0 Å². The summed E-state index contributed by atoms with van der Waals surface area (Å²) in [4.78, 5) is 26.1. The predicted octanol–water partition coefficient (Wildman–Crippen LogP) is 4.55. The Balaban J connectivity index is 1.62. The van der Waals surface area contributed by atoms with Crippen molar-refractivity contribution in [1.82, 2.24) is 0 Å². The molecule has 1 amide bonds. The average Bonchev–Trinajstić information content (AvgIpc) is 3.05. The zero-order valence-electron chi connectivity index (χ0n) is 14.7. The summed E-state index contributed by atoms with van der Waals surface area (Å²) in [6, 6.07) is 12.2. The molecule has 144 valence electrons. The number of amides is 1. The first-order valence-corrected chi connectivity index (χ1v) is 9.83. The molecule has 7 nitrogen and oxygen atoms in total. The fourth-order valence-corrected chi connectivity index (χ4v) is 4.58. The molecule has 1 saturated heterocycles. The topological polar surface area (TPSA) is 84.7 Å². The van der Waals surface area contributed by atoms with Crippen molar-refractivity contribution in [3.8, 4) is 0 Å². The molecular weight excluding hydrogens is 402 g/mol. The summed E-state index contributed by atoms with van der Waals surface area (Å²) in [7, 11) is 0. The van der Waals surface area contributed by atoms with Crippen LogP contribution in [0.2, 0.25) is 5.02 Å². The minimum atomic E-state index is -0.438. The number of benzene rings is 2. The van der Waals surface area contributed by atoms with Crippen molar-refractivity contribution in [1.29, 1.82) is 0 Å². The number of hydrogen-bond acceptors (Lipinski definition) is 6. The summed E-state index contributed by atoms with van der Waals surface area (Å²) in [6.45, 7) is 2.23. The molecule has 3 aromatic rings. The Morgan fingerprint density at radius 1 is 1.21 bits per heavy atom. The average molecular weight is 418 g/mol. The highest BCUT2D eigenvalue weighted by Crippen LogP contribution is 2.36. The van der Waals surface area contributed by atoms with Gasteiger partial charge in [0.05, 0.1) is 23.2 Å². The number of nitrogens with zero attached hydrogens (tertiary/aromatic N) is 2. The smallest absolute Gasteiger partial charge is 0.294 e. The number of anilines is 2. The van der Waals surface area contributed by atoms with Gasteiger partial charge in [-0.1, -0.05) is 29.8 Å². The minimum Gasteiger partial charge on any atom is -0.378 e. The van der Waals surface area contributed by atoms with Gasteiger partial charge in [-0.05, 0) is 18.2 Å². The first kappa shape index (κ1) is 18.7. The van der Waals surface area contributed by atoms with Crippen LogP contribution < -0.4 is 10.2 Å². The monoisotopic (exact) mass is 417 g/mol. The number of nitro groups is 1. The van der Waals surface area contributed by atoms with Gasteiger partial charge in [0.15, 0.2) is 0 Å². The van der Waals surface area contributed by atoms with Crippen LogP contribution in [-0.4, -0.2) is 37.1 Å². The maximum atomic E-state index is 12.7. The van der Waals surface area contributed by atoms with Crippen molar-refractivity contribution >= 4 is 56.0 Å². The van der Waals surface area contributed by atoms with Crippen LogP contribution in [0.4, 0.5) is 17.1 Å². The third-order valence-corrected chi connectivity index (χ3v) is 6.20. The lowest BCUT2D eigenvalue weighted by atomic mass is 10.2. The van der Waals surface area contributed by atoms with E-state index in [1.54, 1.807) is 12.1 Å². The van der Waals surface area contributed by atoms with Crippen LogP contribution in [0, 0.1) is 10.1 Å². The van der Waals surface area contributed by atoms with Crippen molar-refractivity contribution in [3.63, 3.8) is 0 Å². The number of morpholine rings is 1. The third-order valence-electron chi connectivity index (χ3n) is 4.52. The van der Waals surface area contributed by atoms with E-state index in [-0.39, 0.29) is 11.6 Å². The fraction of sp³-hybridized carbons (Fsp3) is 0.211. The van der Waals surface area contributed by atoms with E-state index in [2.05, 4.69) is 5.32 Å². The van der Waals surface area contributed by atoms with Crippen LogP contribution in [0.3, 0.4) is 0 Å². The molecule has 0 radical (unpaired) electrons. The molecule has 2 aromatic carbocycles. The van der Waals surface area contributed by atoms with E-state index in [4.69, 9.17) is 16.3 Å². The second-order valence-corrected chi connectivity index (χ2v) is 7.69. The number of ether oxygens (including phenoxy) is 1. The third kappa shape index (κ3) is 3.54. The maximum Gasteiger partial charge on any atom is 0.294 e. The zero-order chi connectivity index (χ0) is 19.7. The van der Waals surface area contributed by atoms with E-state index in [0.29, 0.717) is 47.6 Å². The summed E-state index contributed by atoms with van der Waals surface area (Å²) in [6.07, 6.45) is 0. The Hall–Kier alpha value is -2.68. The zero-order valence-corrected chi connectivity index (χ0v) is 16.3. The van der Waals surface area contributed by atoms with Crippen molar-refractivity contribution in [2.24, 2.45) is 0 Å². The summed E-state index contributed by atoms with van der Waals surface area (Å²) in [5.74, 6) is -0.389. The highest BCUT2D eigenvalue weighted by molar-refractivity contribution is 7.21. The van der Waals surface area contributed by atoms with Gasteiger partial charge in [0, 0.05) is 34.9 Å². The van der Waals surface area contributed by atoms with Crippen molar-refractivity contribution in [2.45, 2.75) is 0 Å². The number of nitrogens with one attached hydrogen (secondary N) is 1. The standard InChI is InChI=1S/C19H16ClN3O4S/c20-17-13-3-1-2-4-16(13)28-18(17)19(24)21-12-5-6-14(15(11-12)23(25)26)22-7-9-27-10-8-22/h1-6,11H,7-10H2,(H,21,24). The number of nitro benzene ring substituents is 1. The lowest BCUT2D eigenvalue weighted by molar-refractivity contribution is -0.384. The molecule has 1 aliphatic heterocycles. The van der Waals surface area contributed by atoms with Gasteiger partial charge in [-0.3, -0.25) is 14.9 Å². The molecule has 28 heavy (non-hydrogen) atoms. The maximum absolute atomic E-state index is 12.7. The summed E-state index contributed by atoms with van der Waals surface area (Å²) < 4.78 is 6.21. The molecule has 9 heteroatoms. The van der Waals surface area contributed by atoms with E-state index in [0.717, 1.165) is 10.1 Å². The molecule has 1 aromatic heterocycles. The number of thiophene rings is 1. The van der Waals surface area contributed by atoms with E-state index < -0.39 is 4.92 Å². The number of carbonyl (C=O) groups is 1.